The van der Waals surface area contributed by atoms with E-state index in [2.05, 4.69) is 10.6 Å². The smallest absolute Gasteiger partial charge is 0.323 e. The van der Waals surface area contributed by atoms with Crippen LogP contribution in [0.2, 0.25) is 0 Å². The number of anilines is 1. The standard InChI is InChI=1S/C27H29N5O4/c1-30-24(33)21-20(13-12-18-8-4-2-5-9-18)32(27(36)29-19-10-6-3-7-11-19)23(22(21)25(30)34)26(35)31-16-14-28-15-17-31/h2-13,20-23,28H,14-17H2,1H3,(H,29,36). The molecule has 186 valence electrons. The molecule has 0 bridgehead atoms. The molecule has 4 atom stereocenters. The molecule has 5 amide bonds. The maximum absolute atomic E-state index is 13.9. The highest BCUT2D eigenvalue weighted by Gasteiger charge is 2.64. The highest BCUT2D eigenvalue weighted by molar-refractivity contribution is 6.10. The Labute approximate surface area is 209 Å². The topological polar surface area (TPSA) is 102 Å². The third-order valence-electron chi connectivity index (χ3n) is 7.17. The van der Waals surface area contributed by atoms with Crippen LogP contribution >= 0.6 is 0 Å². The molecular formula is C27H29N5O4. The van der Waals surface area contributed by atoms with Gasteiger partial charge in [-0.25, -0.2) is 4.79 Å². The number of rotatable bonds is 4. The van der Waals surface area contributed by atoms with E-state index in [1.54, 1.807) is 35.2 Å². The maximum atomic E-state index is 13.9. The van der Waals surface area contributed by atoms with Gasteiger partial charge in [-0.1, -0.05) is 60.7 Å². The Balaban J connectivity index is 1.57. The number of nitrogens with one attached hydrogen (secondary N) is 2. The quantitative estimate of drug-likeness (QED) is 0.639. The van der Waals surface area contributed by atoms with Crippen molar-refractivity contribution in [3.63, 3.8) is 0 Å². The van der Waals surface area contributed by atoms with E-state index in [1.165, 1.54) is 11.9 Å². The van der Waals surface area contributed by atoms with E-state index >= 15 is 0 Å². The van der Waals surface area contributed by atoms with E-state index in [4.69, 9.17) is 0 Å². The molecule has 0 saturated carbocycles. The number of amides is 5. The Morgan fingerprint density at radius 3 is 2.19 bits per heavy atom. The lowest BCUT2D eigenvalue weighted by atomic mass is 9.88. The molecule has 9 nitrogen and oxygen atoms in total. The number of imide groups is 1. The Hall–Kier alpha value is -3.98. The summed E-state index contributed by atoms with van der Waals surface area (Å²) >= 11 is 0. The summed E-state index contributed by atoms with van der Waals surface area (Å²) in [4.78, 5) is 58.3. The zero-order valence-corrected chi connectivity index (χ0v) is 20.0. The Morgan fingerprint density at radius 2 is 1.53 bits per heavy atom. The van der Waals surface area contributed by atoms with Crippen LogP contribution in [0.15, 0.2) is 66.7 Å². The van der Waals surface area contributed by atoms with Crippen LogP contribution in [0, 0.1) is 11.8 Å². The van der Waals surface area contributed by atoms with Crippen LogP contribution in [0.4, 0.5) is 10.5 Å². The monoisotopic (exact) mass is 487 g/mol. The van der Waals surface area contributed by atoms with Crippen molar-refractivity contribution < 1.29 is 19.2 Å². The van der Waals surface area contributed by atoms with Crippen molar-refractivity contribution in [3.05, 3.63) is 72.3 Å². The summed E-state index contributed by atoms with van der Waals surface area (Å²) in [5.74, 6) is -2.87. The average molecular weight is 488 g/mol. The van der Waals surface area contributed by atoms with Crippen LogP contribution in [0.1, 0.15) is 5.56 Å². The van der Waals surface area contributed by atoms with Crippen molar-refractivity contribution in [1.29, 1.82) is 0 Å². The Kier molecular flexibility index (Phi) is 6.56. The number of para-hydroxylation sites is 1. The number of fused-ring (bicyclic) bond motifs is 1. The molecule has 3 saturated heterocycles. The number of carbonyl (C=O) groups excluding carboxylic acids is 4. The van der Waals surface area contributed by atoms with E-state index in [0.29, 0.717) is 31.9 Å². The molecule has 3 aliphatic rings. The van der Waals surface area contributed by atoms with E-state index < -0.39 is 35.9 Å². The molecule has 3 aliphatic heterocycles. The van der Waals surface area contributed by atoms with Gasteiger partial charge >= 0.3 is 6.03 Å². The number of carbonyl (C=O) groups is 4. The molecule has 4 unspecified atom stereocenters. The first kappa shape index (κ1) is 23.7. The predicted octanol–water partition coefficient (Wildman–Crippen LogP) is 1.65. The fourth-order valence-corrected chi connectivity index (χ4v) is 5.39. The van der Waals surface area contributed by atoms with Gasteiger partial charge in [-0.2, -0.15) is 0 Å². The lowest BCUT2D eigenvalue weighted by molar-refractivity contribution is -0.144. The van der Waals surface area contributed by atoms with Gasteiger partial charge in [0.15, 0.2) is 0 Å². The molecule has 0 aliphatic carbocycles. The second-order valence-corrected chi connectivity index (χ2v) is 9.27. The van der Waals surface area contributed by atoms with Crippen molar-refractivity contribution in [2.24, 2.45) is 11.8 Å². The molecule has 5 rings (SSSR count). The van der Waals surface area contributed by atoms with E-state index in [1.807, 2.05) is 42.5 Å². The van der Waals surface area contributed by atoms with Gasteiger partial charge in [-0.3, -0.25) is 19.3 Å². The van der Waals surface area contributed by atoms with Gasteiger partial charge in [0, 0.05) is 38.9 Å². The van der Waals surface area contributed by atoms with Crippen LogP contribution in [0.5, 0.6) is 0 Å². The molecule has 2 aromatic rings. The molecule has 9 heteroatoms. The van der Waals surface area contributed by atoms with E-state index in [9.17, 15) is 19.2 Å². The second kappa shape index (κ2) is 9.94. The number of piperazine rings is 1. The second-order valence-electron chi connectivity index (χ2n) is 9.27. The Morgan fingerprint density at radius 1 is 0.917 bits per heavy atom. The van der Waals surface area contributed by atoms with Crippen molar-refractivity contribution >= 4 is 35.5 Å². The third kappa shape index (κ3) is 4.26. The fraction of sp³-hybridized carbons (Fsp3) is 0.333. The van der Waals surface area contributed by atoms with Crippen molar-refractivity contribution in [2.45, 2.75) is 12.1 Å². The summed E-state index contributed by atoms with van der Waals surface area (Å²) in [6.45, 7) is 2.21. The summed E-state index contributed by atoms with van der Waals surface area (Å²) in [5.41, 5.74) is 1.45. The first-order chi connectivity index (χ1) is 17.5. The molecule has 0 aromatic heterocycles. The largest absolute Gasteiger partial charge is 0.338 e. The minimum Gasteiger partial charge on any atom is -0.338 e. The fourth-order valence-electron chi connectivity index (χ4n) is 5.39. The molecule has 3 fully saturated rings. The van der Waals surface area contributed by atoms with E-state index in [-0.39, 0.29) is 11.8 Å². The summed E-state index contributed by atoms with van der Waals surface area (Å²) in [5, 5.41) is 6.08. The van der Waals surface area contributed by atoms with Crippen LogP contribution in [0.3, 0.4) is 0 Å². The molecule has 2 N–H and O–H groups in total. The van der Waals surface area contributed by atoms with Crippen molar-refractivity contribution in [1.82, 2.24) is 20.0 Å². The van der Waals surface area contributed by atoms with Gasteiger partial charge in [0.05, 0.1) is 17.9 Å². The summed E-state index contributed by atoms with van der Waals surface area (Å²) < 4.78 is 0. The maximum Gasteiger partial charge on any atom is 0.323 e. The third-order valence-corrected chi connectivity index (χ3v) is 7.17. The number of nitrogens with zero attached hydrogens (tertiary/aromatic N) is 3. The van der Waals surface area contributed by atoms with Gasteiger partial charge in [-0.05, 0) is 17.7 Å². The first-order valence-corrected chi connectivity index (χ1v) is 12.2. The number of benzene rings is 2. The molecule has 0 radical (unpaired) electrons. The minimum absolute atomic E-state index is 0.304. The summed E-state index contributed by atoms with van der Waals surface area (Å²) in [6.07, 6.45) is 3.60. The highest BCUT2D eigenvalue weighted by atomic mass is 16.2. The summed E-state index contributed by atoms with van der Waals surface area (Å²) in [6, 6.07) is 16.1. The van der Waals surface area contributed by atoms with Crippen molar-refractivity contribution in [3.8, 4) is 0 Å². The van der Waals surface area contributed by atoms with Gasteiger partial charge in [0.25, 0.3) is 0 Å². The van der Waals surface area contributed by atoms with Crippen molar-refractivity contribution in [2.75, 3.05) is 38.5 Å². The van der Waals surface area contributed by atoms with Gasteiger partial charge < -0.3 is 20.4 Å². The lowest BCUT2D eigenvalue weighted by Crippen LogP contribution is -2.57. The predicted molar refractivity (Wildman–Crippen MR) is 135 cm³/mol. The lowest BCUT2D eigenvalue weighted by Gasteiger charge is -2.36. The van der Waals surface area contributed by atoms with Crippen LogP contribution in [0.25, 0.3) is 6.08 Å². The minimum atomic E-state index is -1.08. The molecule has 36 heavy (non-hydrogen) atoms. The molecule has 2 aromatic carbocycles. The highest BCUT2D eigenvalue weighted by Crippen LogP contribution is 2.44. The van der Waals surface area contributed by atoms with Gasteiger partial charge in [-0.15, -0.1) is 0 Å². The molecule has 3 heterocycles. The molecular weight excluding hydrogens is 458 g/mol. The average Bonchev–Trinajstić information content (AvgIpc) is 3.37. The van der Waals surface area contributed by atoms with Crippen LogP contribution < -0.4 is 10.6 Å². The zero-order chi connectivity index (χ0) is 25.2. The molecule has 0 spiro atoms. The zero-order valence-electron chi connectivity index (χ0n) is 20.0. The number of hydrogen-bond donors (Lipinski definition) is 2. The normalized spacial score (nSPS) is 26.0. The van der Waals surface area contributed by atoms with E-state index in [0.717, 1.165) is 10.5 Å². The van der Waals surface area contributed by atoms with Gasteiger partial charge in [0.1, 0.15) is 6.04 Å². The number of hydrogen-bond acceptors (Lipinski definition) is 5. The van der Waals surface area contributed by atoms with Gasteiger partial charge in [0.2, 0.25) is 17.7 Å². The number of urea groups is 1. The Bertz CT molecular complexity index is 1180. The van der Waals surface area contributed by atoms with Crippen LogP contribution in [-0.2, 0) is 14.4 Å². The summed E-state index contributed by atoms with van der Waals surface area (Å²) in [7, 11) is 1.45. The SMILES string of the molecule is CN1C(=O)C2C(C1=O)C(C(=O)N1CCNCC1)N(C(=O)Nc1ccccc1)C2C=Cc1ccccc1. The van der Waals surface area contributed by atoms with Crippen LogP contribution in [-0.4, -0.2) is 83.8 Å². The first-order valence-electron chi connectivity index (χ1n) is 12.2. The number of likely N-dealkylation sites (tertiary alicyclic amines) is 2.